The van der Waals surface area contributed by atoms with Crippen molar-refractivity contribution in [2.45, 2.75) is 25.1 Å². The summed E-state index contributed by atoms with van der Waals surface area (Å²) in [6, 6.07) is 0. The van der Waals surface area contributed by atoms with Crippen LogP contribution in [-0.2, 0) is 13.5 Å². The van der Waals surface area contributed by atoms with Gasteiger partial charge in [-0.1, -0.05) is 5.21 Å². The van der Waals surface area contributed by atoms with Crippen LogP contribution in [0.5, 0.6) is 0 Å². The molecule has 1 aromatic heterocycles. The fraction of sp³-hybridized carbons (Fsp3) is 0.714. The Morgan fingerprint density at radius 1 is 1.73 bits per heavy atom. The number of halogens is 1. The van der Waals surface area contributed by atoms with Crippen molar-refractivity contribution in [1.29, 1.82) is 0 Å². The monoisotopic (exact) mass is 173 g/mol. The molecule has 1 aromatic rings. The van der Waals surface area contributed by atoms with E-state index in [1.54, 1.807) is 10.9 Å². The highest BCUT2D eigenvalue weighted by Gasteiger charge is 2.01. The number of aromatic nitrogens is 3. The van der Waals surface area contributed by atoms with E-state index in [1.807, 2.05) is 14.0 Å². The van der Waals surface area contributed by atoms with Gasteiger partial charge in [-0.3, -0.25) is 4.68 Å². The van der Waals surface area contributed by atoms with Crippen LogP contribution in [0.3, 0.4) is 0 Å². The van der Waals surface area contributed by atoms with E-state index in [2.05, 4.69) is 10.3 Å². The molecule has 0 aliphatic heterocycles. The fourth-order valence-electron chi connectivity index (χ4n) is 0.884. The van der Waals surface area contributed by atoms with E-state index in [1.165, 1.54) is 0 Å². The maximum absolute atomic E-state index is 5.80. The van der Waals surface area contributed by atoms with E-state index in [0.29, 0.717) is 0 Å². The van der Waals surface area contributed by atoms with Gasteiger partial charge in [-0.15, -0.1) is 16.7 Å². The lowest BCUT2D eigenvalue weighted by Gasteiger charge is -2.01. The smallest absolute Gasteiger partial charge is 0.0724 e. The van der Waals surface area contributed by atoms with Crippen LogP contribution in [0.2, 0.25) is 0 Å². The van der Waals surface area contributed by atoms with E-state index in [-0.39, 0.29) is 5.38 Å². The Balaban J connectivity index is 2.44. The largest absolute Gasteiger partial charge is 0.252 e. The average Bonchev–Trinajstić information content (AvgIpc) is 2.31. The topological polar surface area (TPSA) is 30.7 Å². The van der Waals surface area contributed by atoms with E-state index in [0.717, 1.165) is 18.5 Å². The van der Waals surface area contributed by atoms with Gasteiger partial charge < -0.3 is 0 Å². The minimum atomic E-state index is 0.227. The molecule has 0 fully saturated rings. The molecule has 0 amide bonds. The van der Waals surface area contributed by atoms with Crippen LogP contribution in [0.4, 0.5) is 0 Å². The van der Waals surface area contributed by atoms with Gasteiger partial charge in [-0.2, -0.15) is 0 Å². The molecule has 0 aliphatic rings. The molecule has 1 rings (SSSR count). The van der Waals surface area contributed by atoms with Crippen molar-refractivity contribution in [2.24, 2.45) is 7.05 Å². The normalized spacial score (nSPS) is 13.4. The minimum absolute atomic E-state index is 0.227. The molecule has 11 heavy (non-hydrogen) atoms. The standard InChI is InChI=1S/C7H12ClN3/c1-6(8)3-4-7-5-9-10-11(7)2/h5-6H,3-4H2,1-2H3. The Kier molecular flexibility index (Phi) is 2.88. The maximum Gasteiger partial charge on any atom is 0.0724 e. The summed E-state index contributed by atoms with van der Waals surface area (Å²) in [4.78, 5) is 0. The van der Waals surface area contributed by atoms with Crippen molar-refractivity contribution in [3.8, 4) is 0 Å². The Morgan fingerprint density at radius 3 is 2.91 bits per heavy atom. The second kappa shape index (κ2) is 3.72. The predicted octanol–water partition coefficient (Wildman–Crippen LogP) is 1.38. The van der Waals surface area contributed by atoms with Crippen molar-refractivity contribution in [3.63, 3.8) is 0 Å². The fourth-order valence-corrected chi connectivity index (χ4v) is 0.993. The Bertz CT molecular complexity index is 219. The molecule has 0 radical (unpaired) electrons. The third-order valence-electron chi connectivity index (χ3n) is 1.61. The highest BCUT2D eigenvalue weighted by Crippen LogP contribution is 2.06. The number of hydrogen-bond acceptors (Lipinski definition) is 2. The first-order valence-electron chi connectivity index (χ1n) is 3.68. The van der Waals surface area contributed by atoms with Crippen molar-refractivity contribution in [2.75, 3.05) is 0 Å². The average molecular weight is 174 g/mol. The van der Waals surface area contributed by atoms with Gasteiger partial charge in [-0.25, -0.2) is 0 Å². The van der Waals surface area contributed by atoms with Gasteiger partial charge in [0.05, 0.1) is 11.9 Å². The Hall–Kier alpha value is -0.570. The summed E-state index contributed by atoms with van der Waals surface area (Å²) >= 11 is 5.80. The molecule has 0 aliphatic carbocycles. The molecule has 1 heterocycles. The zero-order chi connectivity index (χ0) is 8.27. The molecule has 0 saturated heterocycles. The van der Waals surface area contributed by atoms with Gasteiger partial charge in [-0.05, 0) is 19.8 Å². The first-order valence-corrected chi connectivity index (χ1v) is 4.11. The van der Waals surface area contributed by atoms with Crippen LogP contribution < -0.4 is 0 Å². The molecular weight excluding hydrogens is 162 g/mol. The van der Waals surface area contributed by atoms with Gasteiger partial charge in [0.15, 0.2) is 0 Å². The lowest BCUT2D eigenvalue weighted by molar-refractivity contribution is 0.657. The second-order valence-corrected chi connectivity index (χ2v) is 3.41. The first kappa shape index (κ1) is 8.53. The quantitative estimate of drug-likeness (QED) is 0.647. The van der Waals surface area contributed by atoms with Gasteiger partial charge in [0.25, 0.3) is 0 Å². The van der Waals surface area contributed by atoms with E-state index < -0.39 is 0 Å². The van der Waals surface area contributed by atoms with Crippen LogP contribution in [0, 0.1) is 0 Å². The third kappa shape index (κ3) is 2.50. The third-order valence-corrected chi connectivity index (χ3v) is 1.82. The zero-order valence-corrected chi connectivity index (χ0v) is 7.54. The highest BCUT2D eigenvalue weighted by molar-refractivity contribution is 6.20. The van der Waals surface area contributed by atoms with Gasteiger partial charge in [0.2, 0.25) is 0 Å². The van der Waals surface area contributed by atoms with Gasteiger partial charge in [0, 0.05) is 12.4 Å². The molecule has 0 aromatic carbocycles. The van der Waals surface area contributed by atoms with Crippen LogP contribution in [0.15, 0.2) is 6.20 Å². The minimum Gasteiger partial charge on any atom is -0.252 e. The summed E-state index contributed by atoms with van der Waals surface area (Å²) in [5, 5.41) is 7.81. The summed E-state index contributed by atoms with van der Waals surface area (Å²) in [6.07, 6.45) is 3.70. The molecule has 1 unspecified atom stereocenters. The van der Waals surface area contributed by atoms with Crippen molar-refractivity contribution in [1.82, 2.24) is 15.0 Å². The lowest BCUT2D eigenvalue weighted by Crippen LogP contribution is -2.01. The van der Waals surface area contributed by atoms with E-state index in [9.17, 15) is 0 Å². The van der Waals surface area contributed by atoms with Gasteiger partial charge >= 0.3 is 0 Å². The Labute approximate surface area is 71.4 Å². The number of alkyl halides is 1. The van der Waals surface area contributed by atoms with Crippen LogP contribution in [-0.4, -0.2) is 20.4 Å². The summed E-state index contributed by atoms with van der Waals surface area (Å²) in [7, 11) is 1.89. The Morgan fingerprint density at radius 2 is 2.45 bits per heavy atom. The molecule has 3 nitrogen and oxygen atoms in total. The number of hydrogen-bond donors (Lipinski definition) is 0. The first-order chi connectivity index (χ1) is 5.20. The number of rotatable bonds is 3. The van der Waals surface area contributed by atoms with E-state index >= 15 is 0 Å². The van der Waals surface area contributed by atoms with Crippen LogP contribution >= 0.6 is 11.6 Å². The van der Waals surface area contributed by atoms with Crippen LogP contribution in [0.1, 0.15) is 19.0 Å². The lowest BCUT2D eigenvalue weighted by atomic mass is 10.2. The summed E-state index contributed by atoms with van der Waals surface area (Å²) in [6.45, 7) is 1.99. The molecular formula is C7H12ClN3. The predicted molar refractivity (Wildman–Crippen MR) is 44.6 cm³/mol. The molecule has 0 bridgehead atoms. The summed E-state index contributed by atoms with van der Waals surface area (Å²) in [5.41, 5.74) is 1.14. The second-order valence-electron chi connectivity index (χ2n) is 2.67. The molecule has 1 atom stereocenters. The SMILES string of the molecule is CC(Cl)CCc1cnnn1C. The van der Waals surface area contributed by atoms with E-state index in [4.69, 9.17) is 11.6 Å². The van der Waals surface area contributed by atoms with Crippen LogP contribution in [0.25, 0.3) is 0 Å². The summed E-state index contributed by atoms with van der Waals surface area (Å²) < 4.78 is 1.78. The van der Waals surface area contributed by atoms with Crippen molar-refractivity contribution in [3.05, 3.63) is 11.9 Å². The summed E-state index contributed by atoms with van der Waals surface area (Å²) in [5.74, 6) is 0. The van der Waals surface area contributed by atoms with Crippen molar-refractivity contribution < 1.29 is 0 Å². The number of nitrogens with zero attached hydrogens (tertiary/aromatic N) is 3. The molecule has 62 valence electrons. The highest BCUT2D eigenvalue weighted by atomic mass is 35.5. The maximum atomic E-state index is 5.80. The molecule has 4 heteroatoms. The van der Waals surface area contributed by atoms with Gasteiger partial charge in [0.1, 0.15) is 0 Å². The molecule has 0 saturated carbocycles. The zero-order valence-electron chi connectivity index (χ0n) is 6.79. The molecule has 0 N–H and O–H groups in total. The molecule has 0 spiro atoms. The van der Waals surface area contributed by atoms with Crippen molar-refractivity contribution >= 4 is 11.6 Å². The number of aryl methyl sites for hydroxylation is 2.